The maximum Gasteiger partial charge on any atom is 0.235 e. The van der Waals surface area contributed by atoms with E-state index in [2.05, 4.69) is 10.6 Å². The monoisotopic (exact) mass is 694 g/mol. The van der Waals surface area contributed by atoms with E-state index in [1.807, 2.05) is 51.1 Å². The lowest BCUT2D eigenvalue weighted by molar-refractivity contribution is -0.150. The number of aliphatic hydroxyl groups is 1. The van der Waals surface area contributed by atoms with E-state index in [9.17, 15) is 19.5 Å². The Morgan fingerprint density at radius 1 is 0.706 bits per heavy atom. The molecule has 2 amide bonds. The number of anilines is 2. The molecule has 0 heterocycles. The van der Waals surface area contributed by atoms with Crippen LogP contribution in [0.25, 0.3) is 0 Å². The number of hydrogen-bond donors (Lipinski definition) is 3. The van der Waals surface area contributed by atoms with Gasteiger partial charge in [0.25, 0.3) is 0 Å². The summed E-state index contributed by atoms with van der Waals surface area (Å²) in [5.41, 5.74) is 0.549. The second-order valence-corrected chi connectivity index (χ2v) is 12.5. The van der Waals surface area contributed by atoms with Crippen LogP contribution in [0.1, 0.15) is 51.2 Å². The fourth-order valence-electron chi connectivity index (χ4n) is 6.66. The molecule has 10 heteroatoms. The van der Waals surface area contributed by atoms with Crippen LogP contribution in [0.15, 0.2) is 97.1 Å². The molecule has 4 aromatic carbocycles. The van der Waals surface area contributed by atoms with Crippen LogP contribution in [0.2, 0.25) is 0 Å². The van der Waals surface area contributed by atoms with Gasteiger partial charge in [-0.3, -0.25) is 14.4 Å². The SMILES string of the molecule is CCOc1ccccc1NC(=O)C1C(=O)CC(C)(O)C(C(=O)Nc2ccccc2OCC)C1c1ccc(OCCc2ccccc2)c(OCC)c1. The highest BCUT2D eigenvalue weighted by Gasteiger charge is 2.56. The Labute approximate surface area is 299 Å². The van der Waals surface area contributed by atoms with Crippen LogP contribution in [-0.2, 0) is 20.8 Å². The Morgan fingerprint density at radius 3 is 1.86 bits per heavy atom. The predicted octanol–water partition coefficient (Wildman–Crippen LogP) is 6.82. The van der Waals surface area contributed by atoms with Gasteiger partial charge in [0.15, 0.2) is 11.5 Å². The molecule has 1 saturated carbocycles. The van der Waals surface area contributed by atoms with E-state index < -0.39 is 47.4 Å². The number of nitrogens with one attached hydrogen (secondary N) is 2. The zero-order valence-electron chi connectivity index (χ0n) is 29.5. The molecule has 0 saturated heterocycles. The van der Waals surface area contributed by atoms with Crippen molar-refractivity contribution in [3.05, 3.63) is 108 Å². The van der Waals surface area contributed by atoms with Crippen LogP contribution in [-0.4, -0.2) is 54.7 Å². The lowest BCUT2D eigenvalue weighted by atomic mass is 9.61. The molecule has 0 bridgehead atoms. The van der Waals surface area contributed by atoms with Crippen molar-refractivity contribution >= 4 is 29.0 Å². The molecule has 4 aromatic rings. The van der Waals surface area contributed by atoms with Crippen molar-refractivity contribution in [2.45, 2.75) is 52.1 Å². The van der Waals surface area contributed by atoms with Gasteiger partial charge in [-0.25, -0.2) is 0 Å². The summed E-state index contributed by atoms with van der Waals surface area (Å²) in [4.78, 5) is 42.7. The molecule has 4 unspecified atom stereocenters. The number of carbonyl (C=O) groups excluding carboxylic acids is 3. The van der Waals surface area contributed by atoms with Crippen LogP contribution in [0.4, 0.5) is 11.4 Å². The molecule has 51 heavy (non-hydrogen) atoms. The quantitative estimate of drug-likeness (QED) is 0.116. The molecule has 4 atom stereocenters. The van der Waals surface area contributed by atoms with Crippen molar-refractivity contribution in [2.75, 3.05) is 37.1 Å². The van der Waals surface area contributed by atoms with E-state index in [1.165, 1.54) is 6.92 Å². The van der Waals surface area contributed by atoms with Gasteiger partial charge in [-0.05, 0) is 75.2 Å². The number of Topliss-reactive ketones (excluding diaryl/α,β-unsaturated/α-hetero) is 1. The first kappa shape index (κ1) is 36.9. The van der Waals surface area contributed by atoms with E-state index in [0.717, 1.165) is 5.56 Å². The summed E-state index contributed by atoms with van der Waals surface area (Å²) >= 11 is 0. The van der Waals surface area contributed by atoms with Gasteiger partial charge in [0.1, 0.15) is 23.2 Å². The summed E-state index contributed by atoms with van der Waals surface area (Å²) in [6.07, 6.45) is 0.254. The molecule has 1 fully saturated rings. The smallest absolute Gasteiger partial charge is 0.235 e. The zero-order valence-corrected chi connectivity index (χ0v) is 29.5. The van der Waals surface area contributed by atoms with Crippen molar-refractivity contribution in [3.63, 3.8) is 0 Å². The van der Waals surface area contributed by atoms with Gasteiger partial charge in [0.05, 0.1) is 49.3 Å². The molecular weight excluding hydrogens is 648 g/mol. The summed E-state index contributed by atoms with van der Waals surface area (Å²) in [6.45, 7) is 8.41. The van der Waals surface area contributed by atoms with Crippen molar-refractivity contribution in [3.8, 4) is 23.0 Å². The maximum absolute atomic E-state index is 14.4. The lowest BCUT2D eigenvalue weighted by Gasteiger charge is -2.44. The summed E-state index contributed by atoms with van der Waals surface area (Å²) in [5, 5.41) is 17.7. The maximum atomic E-state index is 14.4. The number of carbonyl (C=O) groups is 3. The first-order valence-electron chi connectivity index (χ1n) is 17.4. The minimum Gasteiger partial charge on any atom is -0.492 e. The molecule has 3 N–H and O–H groups in total. The third kappa shape index (κ3) is 8.88. The first-order chi connectivity index (χ1) is 24.7. The summed E-state index contributed by atoms with van der Waals surface area (Å²) in [7, 11) is 0. The molecular formula is C41H46N2O8. The number of amides is 2. The Hall–Kier alpha value is -5.35. The average molecular weight is 695 g/mol. The predicted molar refractivity (Wildman–Crippen MR) is 196 cm³/mol. The fourth-order valence-corrected chi connectivity index (χ4v) is 6.66. The van der Waals surface area contributed by atoms with Gasteiger partial charge >= 0.3 is 0 Å². The van der Waals surface area contributed by atoms with Crippen molar-refractivity contribution < 1.29 is 38.4 Å². The molecule has 1 aliphatic rings. The third-order valence-corrected chi connectivity index (χ3v) is 8.87. The second-order valence-electron chi connectivity index (χ2n) is 12.5. The standard InChI is InChI=1S/C41H46N2O8/c1-5-48-32-19-13-11-17-29(32)42-39(45)37-31(44)26-41(4,47)38(40(46)43-30-18-12-14-20-33(30)49-6-2)36(37)28-21-22-34(35(25-28)50-7-3)51-24-23-27-15-9-8-10-16-27/h8-22,25,36-38,47H,5-7,23-24,26H2,1-4H3,(H,42,45)(H,43,46). The van der Waals surface area contributed by atoms with E-state index in [-0.39, 0.29) is 0 Å². The van der Waals surface area contributed by atoms with Crippen LogP contribution in [0.5, 0.6) is 23.0 Å². The van der Waals surface area contributed by atoms with Crippen LogP contribution in [0.3, 0.4) is 0 Å². The van der Waals surface area contributed by atoms with Gasteiger partial charge in [-0.15, -0.1) is 0 Å². The van der Waals surface area contributed by atoms with E-state index in [4.69, 9.17) is 18.9 Å². The van der Waals surface area contributed by atoms with Crippen LogP contribution >= 0.6 is 0 Å². The van der Waals surface area contributed by atoms with Crippen LogP contribution < -0.4 is 29.6 Å². The Kier molecular flexibility index (Phi) is 12.3. The highest BCUT2D eigenvalue weighted by atomic mass is 16.5. The normalized spacial score (nSPS) is 19.9. The van der Waals surface area contributed by atoms with Gasteiger partial charge in [-0.2, -0.15) is 0 Å². The van der Waals surface area contributed by atoms with Gasteiger partial charge in [0, 0.05) is 18.8 Å². The number of ketones is 1. The van der Waals surface area contributed by atoms with Gasteiger partial charge in [-0.1, -0.05) is 60.7 Å². The van der Waals surface area contributed by atoms with E-state index >= 15 is 0 Å². The number of benzene rings is 4. The molecule has 0 aliphatic heterocycles. The van der Waals surface area contributed by atoms with Crippen molar-refractivity contribution in [2.24, 2.45) is 11.8 Å². The van der Waals surface area contributed by atoms with Crippen molar-refractivity contribution in [1.29, 1.82) is 0 Å². The molecule has 268 valence electrons. The summed E-state index contributed by atoms with van der Waals surface area (Å²) in [5.74, 6) is -3.63. The highest BCUT2D eigenvalue weighted by molar-refractivity contribution is 6.11. The van der Waals surface area contributed by atoms with E-state index in [0.29, 0.717) is 72.8 Å². The molecule has 5 rings (SSSR count). The zero-order chi connectivity index (χ0) is 36.4. The number of hydrogen-bond acceptors (Lipinski definition) is 8. The Balaban J connectivity index is 1.56. The summed E-state index contributed by atoms with van der Waals surface area (Å²) < 4.78 is 23.6. The topological polar surface area (TPSA) is 132 Å². The number of para-hydroxylation sites is 4. The molecule has 10 nitrogen and oxygen atoms in total. The van der Waals surface area contributed by atoms with E-state index in [1.54, 1.807) is 66.7 Å². The molecule has 0 radical (unpaired) electrons. The first-order valence-corrected chi connectivity index (χ1v) is 17.4. The Bertz CT molecular complexity index is 1810. The number of ether oxygens (including phenoxy) is 4. The highest BCUT2D eigenvalue weighted by Crippen LogP contribution is 2.48. The minimum absolute atomic E-state index is 0.316. The van der Waals surface area contributed by atoms with Crippen LogP contribution in [0, 0.1) is 11.8 Å². The average Bonchev–Trinajstić information content (AvgIpc) is 3.10. The molecule has 0 aromatic heterocycles. The lowest BCUT2D eigenvalue weighted by Crippen LogP contribution is -2.56. The van der Waals surface area contributed by atoms with Crippen molar-refractivity contribution in [1.82, 2.24) is 0 Å². The largest absolute Gasteiger partial charge is 0.492 e. The summed E-state index contributed by atoms with van der Waals surface area (Å²) in [6, 6.07) is 29.0. The Morgan fingerprint density at radius 2 is 1.25 bits per heavy atom. The van der Waals surface area contributed by atoms with Gasteiger partial charge in [0.2, 0.25) is 11.8 Å². The fraction of sp³-hybridized carbons (Fsp3) is 0.341. The number of rotatable bonds is 15. The second kappa shape index (κ2) is 17.0. The third-order valence-electron chi connectivity index (χ3n) is 8.87. The van der Waals surface area contributed by atoms with Gasteiger partial charge < -0.3 is 34.7 Å². The molecule has 0 spiro atoms. The minimum atomic E-state index is -1.82. The molecule has 1 aliphatic carbocycles.